The Morgan fingerprint density at radius 2 is 1.86 bits per heavy atom. The lowest BCUT2D eigenvalue weighted by molar-refractivity contribution is 0.313. The number of aromatic amines is 1. The Bertz CT molecular complexity index is 1140. The van der Waals surface area contributed by atoms with E-state index in [-0.39, 0.29) is 5.56 Å². The molecule has 142 valence electrons. The van der Waals surface area contributed by atoms with Gasteiger partial charge in [-0.3, -0.25) is 4.79 Å². The molecule has 0 saturated heterocycles. The number of benzene rings is 2. The fourth-order valence-electron chi connectivity index (χ4n) is 3.49. The molecule has 4 rings (SSSR count). The molecule has 4 aromatic rings. The van der Waals surface area contributed by atoms with Crippen molar-refractivity contribution in [3.63, 3.8) is 0 Å². The summed E-state index contributed by atoms with van der Waals surface area (Å²) >= 11 is 0. The van der Waals surface area contributed by atoms with Crippen LogP contribution in [0.3, 0.4) is 0 Å². The number of fused-ring (bicyclic) bond motifs is 1. The number of H-pyrrole nitrogens is 1. The molecule has 1 N–H and O–H groups in total. The van der Waals surface area contributed by atoms with Crippen molar-refractivity contribution in [1.29, 1.82) is 0 Å². The molecule has 0 spiro atoms. The molecule has 0 unspecified atom stereocenters. The summed E-state index contributed by atoms with van der Waals surface area (Å²) in [6, 6.07) is 20.4. The number of likely N-dealkylation sites (N-methyl/N-ethyl adjacent to an activating group) is 1. The highest BCUT2D eigenvalue weighted by molar-refractivity contribution is 5.79. The Labute approximate surface area is 164 Å². The second-order valence-electron chi connectivity index (χ2n) is 7.24. The molecule has 28 heavy (non-hydrogen) atoms. The molecule has 0 aliphatic heterocycles. The van der Waals surface area contributed by atoms with Gasteiger partial charge in [0.1, 0.15) is 5.82 Å². The number of aromatic nitrogens is 3. The summed E-state index contributed by atoms with van der Waals surface area (Å²) in [6.45, 7) is 4.62. The predicted octanol–water partition coefficient (Wildman–Crippen LogP) is 3.83. The average molecular weight is 372 g/mol. The lowest BCUT2D eigenvalue weighted by Gasteiger charge is -2.18. The summed E-state index contributed by atoms with van der Waals surface area (Å²) in [5.74, 6) is 0.615. The molecule has 0 bridgehead atoms. The first-order valence-corrected chi connectivity index (χ1v) is 9.48. The molecule has 0 fully saturated rings. The van der Waals surface area contributed by atoms with E-state index in [1.54, 1.807) is 0 Å². The van der Waals surface area contributed by atoms with Crippen LogP contribution >= 0.6 is 0 Å². The van der Waals surface area contributed by atoms with Gasteiger partial charge in [0.2, 0.25) is 0 Å². The summed E-state index contributed by atoms with van der Waals surface area (Å²) in [7, 11) is 2.14. The topological polar surface area (TPSA) is 53.9 Å². The minimum Gasteiger partial charge on any atom is -0.346 e. The smallest absolute Gasteiger partial charge is 0.251 e. The SMILES string of the molecule is Cc1cc(=O)[nH]c(-c2ccc(CN(C)CCn3ccc4ccccc43)cc2)n1. The van der Waals surface area contributed by atoms with Gasteiger partial charge in [-0.2, -0.15) is 0 Å². The summed E-state index contributed by atoms with van der Waals surface area (Å²) in [6.07, 6.45) is 2.16. The Hall–Kier alpha value is -3.18. The number of hydrogen-bond acceptors (Lipinski definition) is 3. The molecule has 0 radical (unpaired) electrons. The molecule has 2 aromatic heterocycles. The number of para-hydroxylation sites is 1. The molecule has 2 aromatic carbocycles. The normalized spacial score (nSPS) is 11.4. The molecule has 5 nitrogen and oxygen atoms in total. The summed E-state index contributed by atoms with van der Waals surface area (Å²) < 4.78 is 2.30. The molecule has 0 saturated carbocycles. The van der Waals surface area contributed by atoms with Gasteiger partial charge in [0.15, 0.2) is 0 Å². The largest absolute Gasteiger partial charge is 0.346 e. The Kier molecular flexibility index (Phi) is 5.08. The van der Waals surface area contributed by atoms with E-state index in [9.17, 15) is 4.79 Å². The summed E-state index contributed by atoms with van der Waals surface area (Å²) in [4.78, 5) is 21.2. The first-order valence-electron chi connectivity index (χ1n) is 9.48. The van der Waals surface area contributed by atoms with Crippen LogP contribution in [0.25, 0.3) is 22.3 Å². The van der Waals surface area contributed by atoms with Gasteiger partial charge in [-0.25, -0.2) is 4.98 Å². The van der Waals surface area contributed by atoms with Crippen LogP contribution in [-0.4, -0.2) is 33.0 Å². The molecule has 0 aliphatic carbocycles. The molecule has 2 heterocycles. The molecule has 5 heteroatoms. The fourth-order valence-corrected chi connectivity index (χ4v) is 3.49. The lowest BCUT2D eigenvalue weighted by atomic mass is 10.1. The highest BCUT2D eigenvalue weighted by Crippen LogP contribution is 2.17. The van der Waals surface area contributed by atoms with Crippen LogP contribution in [0.5, 0.6) is 0 Å². The molecule has 0 atom stereocenters. The monoisotopic (exact) mass is 372 g/mol. The third-order valence-electron chi connectivity index (χ3n) is 4.95. The standard InChI is InChI=1S/C23H24N4O/c1-17-15-22(28)25-23(24-17)20-9-7-18(8-10-20)16-26(2)13-14-27-12-11-19-5-3-4-6-21(19)27/h3-12,15H,13-14,16H2,1-2H3,(H,24,25,28). The van der Waals surface area contributed by atoms with Crippen molar-refractivity contribution in [2.75, 3.05) is 13.6 Å². The Balaban J connectivity index is 1.39. The third-order valence-corrected chi connectivity index (χ3v) is 4.95. The maximum Gasteiger partial charge on any atom is 0.251 e. The number of aryl methyl sites for hydroxylation is 1. The van der Waals surface area contributed by atoms with E-state index < -0.39 is 0 Å². The van der Waals surface area contributed by atoms with Crippen LogP contribution in [0.2, 0.25) is 0 Å². The van der Waals surface area contributed by atoms with Crippen LogP contribution in [0, 0.1) is 6.92 Å². The van der Waals surface area contributed by atoms with Crippen molar-refractivity contribution in [2.45, 2.75) is 20.0 Å². The van der Waals surface area contributed by atoms with Gasteiger partial charge in [0, 0.05) is 48.7 Å². The highest BCUT2D eigenvalue weighted by Gasteiger charge is 2.06. The van der Waals surface area contributed by atoms with E-state index >= 15 is 0 Å². The summed E-state index contributed by atoms with van der Waals surface area (Å²) in [5, 5.41) is 1.28. The van der Waals surface area contributed by atoms with E-state index in [1.807, 2.05) is 19.1 Å². The number of hydrogen-bond donors (Lipinski definition) is 1. The minimum absolute atomic E-state index is 0.121. The minimum atomic E-state index is -0.121. The lowest BCUT2D eigenvalue weighted by Crippen LogP contribution is -2.22. The van der Waals surface area contributed by atoms with Gasteiger partial charge in [-0.15, -0.1) is 0 Å². The maximum atomic E-state index is 11.6. The fraction of sp³-hybridized carbons (Fsp3) is 0.217. The molecule has 0 amide bonds. The van der Waals surface area contributed by atoms with Crippen molar-refractivity contribution in [3.05, 3.63) is 88.5 Å². The molecular formula is C23H24N4O. The van der Waals surface area contributed by atoms with Crippen molar-refractivity contribution in [1.82, 2.24) is 19.4 Å². The first kappa shape index (κ1) is 18.2. The zero-order valence-electron chi connectivity index (χ0n) is 16.2. The van der Waals surface area contributed by atoms with Crippen molar-refractivity contribution in [2.24, 2.45) is 0 Å². The van der Waals surface area contributed by atoms with Gasteiger partial charge in [0.25, 0.3) is 5.56 Å². The van der Waals surface area contributed by atoms with E-state index in [4.69, 9.17) is 0 Å². The zero-order chi connectivity index (χ0) is 19.5. The quantitative estimate of drug-likeness (QED) is 0.560. The van der Waals surface area contributed by atoms with Crippen LogP contribution in [-0.2, 0) is 13.1 Å². The second-order valence-corrected chi connectivity index (χ2v) is 7.24. The first-order chi connectivity index (χ1) is 13.6. The number of nitrogens with zero attached hydrogens (tertiary/aromatic N) is 3. The van der Waals surface area contributed by atoms with E-state index in [0.29, 0.717) is 5.82 Å². The Morgan fingerprint density at radius 1 is 1.07 bits per heavy atom. The molecule has 0 aliphatic rings. The highest BCUT2D eigenvalue weighted by atomic mass is 16.1. The maximum absolute atomic E-state index is 11.6. The van der Waals surface area contributed by atoms with E-state index in [0.717, 1.165) is 30.9 Å². The second kappa shape index (κ2) is 7.82. The van der Waals surface area contributed by atoms with Gasteiger partial charge in [-0.1, -0.05) is 42.5 Å². The summed E-state index contributed by atoms with van der Waals surface area (Å²) in [5.41, 5.74) is 4.04. The van der Waals surface area contributed by atoms with Gasteiger partial charge in [0.05, 0.1) is 0 Å². The molecular weight excluding hydrogens is 348 g/mol. The number of nitrogens with one attached hydrogen (secondary N) is 1. The third kappa shape index (κ3) is 4.05. The van der Waals surface area contributed by atoms with Crippen LogP contribution in [0.4, 0.5) is 0 Å². The van der Waals surface area contributed by atoms with Crippen molar-refractivity contribution < 1.29 is 0 Å². The predicted molar refractivity (Wildman–Crippen MR) is 113 cm³/mol. The van der Waals surface area contributed by atoms with Crippen LogP contribution in [0.15, 0.2) is 71.7 Å². The van der Waals surface area contributed by atoms with Crippen molar-refractivity contribution in [3.8, 4) is 11.4 Å². The van der Waals surface area contributed by atoms with Crippen LogP contribution < -0.4 is 5.56 Å². The van der Waals surface area contributed by atoms with Crippen molar-refractivity contribution >= 4 is 10.9 Å². The van der Waals surface area contributed by atoms with E-state index in [2.05, 4.69) is 75.1 Å². The van der Waals surface area contributed by atoms with Gasteiger partial charge in [-0.05, 0) is 37.1 Å². The Morgan fingerprint density at radius 3 is 2.64 bits per heavy atom. The van der Waals surface area contributed by atoms with Gasteiger partial charge >= 0.3 is 0 Å². The van der Waals surface area contributed by atoms with Gasteiger partial charge < -0.3 is 14.5 Å². The number of rotatable bonds is 6. The zero-order valence-corrected chi connectivity index (χ0v) is 16.2. The van der Waals surface area contributed by atoms with Crippen LogP contribution in [0.1, 0.15) is 11.3 Å². The average Bonchev–Trinajstić information content (AvgIpc) is 3.09. The van der Waals surface area contributed by atoms with E-state index in [1.165, 1.54) is 22.5 Å².